The molecule has 0 aliphatic carbocycles. The molecular weight excluding hydrogens is 358 g/mol. The van der Waals surface area contributed by atoms with E-state index in [1.54, 1.807) is 30.3 Å². The van der Waals surface area contributed by atoms with Crippen LogP contribution in [0.1, 0.15) is 15.9 Å². The van der Waals surface area contributed by atoms with Crippen molar-refractivity contribution in [2.75, 3.05) is 0 Å². The molecule has 0 radical (unpaired) electrons. The zero-order chi connectivity index (χ0) is 13.3. The Kier molecular flexibility index (Phi) is 4.33. The molecule has 0 heterocycles. The molecule has 0 aliphatic rings. The predicted octanol–water partition coefficient (Wildman–Crippen LogP) is 5.64. The van der Waals surface area contributed by atoms with Crippen molar-refractivity contribution in [1.29, 1.82) is 0 Å². The summed E-state index contributed by atoms with van der Waals surface area (Å²) in [6.07, 6.45) is 0. The third kappa shape index (κ3) is 2.72. The van der Waals surface area contributed by atoms with Crippen LogP contribution in [0.2, 0.25) is 15.1 Å². The van der Waals surface area contributed by atoms with Gasteiger partial charge in [0, 0.05) is 15.6 Å². The van der Waals surface area contributed by atoms with E-state index in [4.69, 9.17) is 34.8 Å². The number of benzene rings is 2. The summed E-state index contributed by atoms with van der Waals surface area (Å²) in [7, 11) is 0. The second-order valence-electron chi connectivity index (χ2n) is 3.56. The van der Waals surface area contributed by atoms with Gasteiger partial charge in [0.05, 0.1) is 15.1 Å². The van der Waals surface area contributed by atoms with Gasteiger partial charge in [-0.3, -0.25) is 4.79 Å². The maximum atomic E-state index is 12.3. The summed E-state index contributed by atoms with van der Waals surface area (Å²) in [6, 6.07) is 9.92. The van der Waals surface area contributed by atoms with Crippen molar-refractivity contribution >= 4 is 56.5 Å². The van der Waals surface area contributed by atoms with Gasteiger partial charge < -0.3 is 0 Å². The van der Waals surface area contributed by atoms with Crippen LogP contribution in [0.5, 0.6) is 0 Å². The second kappa shape index (κ2) is 5.62. The van der Waals surface area contributed by atoms with Crippen molar-refractivity contribution < 1.29 is 4.79 Å². The van der Waals surface area contributed by atoms with Gasteiger partial charge in [-0.15, -0.1) is 0 Å². The van der Waals surface area contributed by atoms with Crippen molar-refractivity contribution in [3.8, 4) is 0 Å². The van der Waals surface area contributed by atoms with E-state index in [-0.39, 0.29) is 5.78 Å². The Bertz CT molecular complexity index is 626. The largest absolute Gasteiger partial charge is 0.289 e. The molecule has 0 fully saturated rings. The normalized spacial score (nSPS) is 10.4. The number of rotatable bonds is 2. The maximum absolute atomic E-state index is 12.3. The van der Waals surface area contributed by atoms with Crippen LogP contribution in [0.3, 0.4) is 0 Å². The number of halogens is 4. The highest BCUT2D eigenvalue weighted by Gasteiger charge is 2.15. The third-order valence-corrected chi connectivity index (χ3v) is 4.41. The minimum Gasteiger partial charge on any atom is -0.289 e. The van der Waals surface area contributed by atoms with Gasteiger partial charge in [0.2, 0.25) is 0 Å². The van der Waals surface area contributed by atoms with Crippen LogP contribution in [-0.2, 0) is 0 Å². The Hall–Kier alpha value is -0.540. The Morgan fingerprint density at radius 1 is 1.00 bits per heavy atom. The molecule has 2 rings (SSSR count). The lowest BCUT2D eigenvalue weighted by Gasteiger charge is -2.06. The molecular formula is C13H6BrCl3O. The molecule has 0 amide bonds. The second-order valence-corrected chi connectivity index (χ2v) is 5.61. The van der Waals surface area contributed by atoms with Gasteiger partial charge in [-0.1, -0.05) is 40.9 Å². The molecule has 0 atom stereocenters. The SMILES string of the molecule is O=C(c1ccc(Cl)c(Cl)c1)c1cccc(Br)c1Cl. The van der Waals surface area contributed by atoms with E-state index < -0.39 is 0 Å². The molecule has 1 nitrogen and oxygen atoms in total. The highest BCUT2D eigenvalue weighted by molar-refractivity contribution is 9.10. The van der Waals surface area contributed by atoms with E-state index in [2.05, 4.69) is 15.9 Å². The maximum Gasteiger partial charge on any atom is 0.194 e. The molecule has 5 heteroatoms. The Morgan fingerprint density at radius 2 is 1.72 bits per heavy atom. The molecule has 0 saturated heterocycles. The number of hydrogen-bond acceptors (Lipinski definition) is 1. The highest BCUT2D eigenvalue weighted by Crippen LogP contribution is 2.29. The molecule has 18 heavy (non-hydrogen) atoms. The lowest BCUT2D eigenvalue weighted by molar-refractivity contribution is 0.103. The van der Waals surface area contributed by atoms with E-state index in [0.29, 0.717) is 30.7 Å². The zero-order valence-electron chi connectivity index (χ0n) is 8.88. The molecule has 2 aromatic rings. The lowest BCUT2D eigenvalue weighted by Crippen LogP contribution is -2.02. The minimum absolute atomic E-state index is 0.195. The quantitative estimate of drug-likeness (QED) is 0.630. The topological polar surface area (TPSA) is 17.1 Å². The highest BCUT2D eigenvalue weighted by atomic mass is 79.9. The molecule has 0 saturated carbocycles. The van der Waals surface area contributed by atoms with Crippen LogP contribution in [0.15, 0.2) is 40.9 Å². The van der Waals surface area contributed by atoms with E-state index >= 15 is 0 Å². The van der Waals surface area contributed by atoms with Crippen LogP contribution >= 0.6 is 50.7 Å². The van der Waals surface area contributed by atoms with Crippen molar-refractivity contribution in [3.63, 3.8) is 0 Å². The minimum atomic E-state index is -0.195. The fourth-order valence-corrected chi connectivity index (χ4v) is 2.35. The number of carbonyl (C=O) groups excluding carboxylic acids is 1. The number of carbonyl (C=O) groups is 1. The molecule has 2 aromatic carbocycles. The van der Waals surface area contributed by atoms with Gasteiger partial charge >= 0.3 is 0 Å². The first kappa shape index (κ1) is 13.9. The zero-order valence-corrected chi connectivity index (χ0v) is 12.7. The summed E-state index contributed by atoms with van der Waals surface area (Å²) >= 11 is 21.1. The van der Waals surface area contributed by atoms with Gasteiger partial charge in [0.25, 0.3) is 0 Å². The average Bonchev–Trinajstić information content (AvgIpc) is 2.35. The molecule has 0 spiro atoms. The first-order valence-electron chi connectivity index (χ1n) is 4.94. The fraction of sp³-hybridized carbons (Fsp3) is 0. The Labute approximate surface area is 128 Å². The number of hydrogen-bond donors (Lipinski definition) is 0. The van der Waals surface area contributed by atoms with E-state index in [1.807, 2.05) is 0 Å². The summed E-state index contributed by atoms with van der Waals surface area (Å²) in [5, 5.41) is 1.13. The summed E-state index contributed by atoms with van der Waals surface area (Å²) in [5.41, 5.74) is 0.869. The molecule has 0 N–H and O–H groups in total. The summed E-state index contributed by atoms with van der Waals surface area (Å²) in [5.74, 6) is -0.195. The Morgan fingerprint density at radius 3 is 2.39 bits per heavy atom. The number of ketones is 1. The van der Waals surface area contributed by atoms with Crippen molar-refractivity contribution in [2.24, 2.45) is 0 Å². The molecule has 0 aliphatic heterocycles. The van der Waals surface area contributed by atoms with E-state index in [9.17, 15) is 4.79 Å². The van der Waals surface area contributed by atoms with Crippen molar-refractivity contribution in [3.05, 3.63) is 67.1 Å². The first-order valence-corrected chi connectivity index (χ1v) is 6.87. The monoisotopic (exact) mass is 362 g/mol. The van der Waals surface area contributed by atoms with Gasteiger partial charge in [-0.25, -0.2) is 0 Å². The van der Waals surface area contributed by atoms with Gasteiger partial charge in [-0.2, -0.15) is 0 Å². The third-order valence-electron chi connectivity index (χ3n) is 2.38. The van der Waals surface area contributed by atoms with E-state index in [1.165, 1.54) is 6.07 Å². The van der Waals surface area contributed by atoms with Crippen LogP contribution in [0.25, 0.3) is 0 Å². The van der Waals surface area contributed by atoms with Crippen LogP contribution < -0.4 is 0 Å². The van der Waals surface area contributed by atoms with E-state index in [0.717, 1.165) is 0 Å². The summed E-state index contributed by atoms with van der Waals surface area (Å²) in [6.45, 7) is 0. The first-order chi connectivity index (χ1) is 8.50. The van der Waals surface area contributed by atoms with Crippen molar-refractivity contribution in [1.82, 2.24) is 0 Å². The van der Waals surface area contributed by atoms with Crippen LogP contribution in [-0.4, -0.2) is 5.78 Å². The lowest BCUT2D eigenvalue weighted by atomic mass is 10.0. The molecule has 92 valence electrons. The Balaban J connectivity index is 2.48. The molecule has 0 bridgehead atoms. The summed E-state index contributed by atoms with van der Waals surface area (Å²) in [4.78, 5) is 12.3. The van der Waals surface area contributed by atoms with Gasteiger partial charge in [-0.05, 0) is 46.3 Å². The van der Waals surface area contributed by atoms with Crippen LogP contribution in [0, 0.1) is 0 Å². The summed E-state index contributed by atoms with van der Waals surface area (Å²) < 4.78 is 0.676. The molecule has 0 unspecified atom stereocenters. The predicted molar refractivity (Wildman–Crippen MR) is 79.0 cm³/mol. The smallest absolute Gasteiger partial charge is 0.194 e. The molecule has 0 aromatic heterocycles. The standard InChI is InChI=1S/C13H6BrCl3O/c14-9-3-1-2-8(12(9)17)13(18)7-4-5-10(15)11(16)6-7/h1-6H. The fourth-order valence-electron chi connectivity index (χ4n) is 1.47. The average molecular weight is 364 g/mol. The van der Waals surface area contributed by atoms with Gasteiger partial charge in [0.1, 0.15) is 0 Å². The van der Waals surface area contributed by atoms with Crippen molar-refractivity contribution in [2.45, 2.75) is 0 Å². The van der Waals surface area contributed by atoms with Crippen LogP contribution in [0.4, 0.5) is 0 Å². The van der Waals surface area contributed by atoms with Gasteiger partial charge in [0.15, 0.2) is 5.78 Å².